The number of nitrogens with two attached hydrogens (primary N) is 1. The second-order valence-electron chi connectivity index (χ2n) is 5.13. The second kappa shape index (κ2) is 8.09. The number of likely N-dealkylation sites (tertiary alicyclic amines) is 1. The van der Waals surface area contributed by atoms with Gasteiger partial charge in [-0.05, 0) is 12.8 Å². The maximum atomic E-state index is 11.6. The van der Waals surface area contributed by atoms with Gasteiger partial charge in [-0.25, -0.2) is 0 Å². The standard InChI is InChI=1S/C13H25N3O2S/c14-10-13(17)16-3-1-2-12(11-16)19-9-6-15-4-7-18-8-5-15/h12H,1-11,14H2. The molecule has 0 aromatic heterocycles. The first-order chi connectivity index (χ1) is 9.29. The fraction of sp³-hybridized carbons (Fsp3) is 0.923. The molecule has 2 fully saturated rings. The van der Waals surface area contributed by atoms with Crippen LogP contribution in [0.25, 0.3) is 0 Å². The van der Waals surface area contributed by atoms with Crippen LogP contribution in [0.3, 0.4) is 0 Å². The van der Waals surface area contributed by atoms with Crippen LogP contribution in [0.15, 0.2) is 0 Å². The third-order valence-electron chi connectivity index (χ3n) is 3.77. The third-order valence-corrected chi connectivity index (χ3v) is 5.04. The number of hydrogen-bond donors (Lipinski definition) is 1. The van der Waals surface area contributed by atoms with E-state index in [1.54, 1.807) is 0 Å². The molecule has 110 valence electrons. The summed E-state index contributed by atoms with van der Waals surface area (Å²) in [6, 6.07) is 0. The minimum absolute atomic E-state index is 0.0958. The quantitative estimate of drug-likeness (QED) is 0.771. The predicted octanol–water partition coefficient (Wildman–Crippen LogP) is 0.00150. The molecule has 0 aromatic rings. The van der Waals surface area contributed by atoms with Crippen molar-refractivity contribution >= 4 is 17.7 Å². The highest BCUT2D eigenvalue weighted by Gasteiger charge is 2.23. The Morgan fingerprint density at radius 3 is 2.84 bits per heavy atom. The lowest BCUT2D eigenvalue weighted by Crippen LogP contribution is -2.44. The Hall–Kier alpha value is -0.300. The van der Waals surface area contributed by atoms with E-state index in [0.717, 1.165) is 58.1 Å². The number of morpholine rings is 1. The van der Waals surface area contributed by atoms with E-state index in [-0.39, 0.29) is 12.5 Å². The van der Waals surface area contributed by atoms with Crippen LogP contribution in [-0.2, 0) is 9.53 Å². The molecule has 0 spiro atoms. The first-order valence-corrected chi connectivity index (χ1v) is 8.24. The van der Waals surface area contributed by atoms with Gasteiger partial charge in [0.05, 0.1) is 19.8 Å². The first kappa shape index (κ1) is 15.1. The van der Waals surface area contributed by atoms with E-state index in [2.05, 4.69) is 4.90 Å². The minimum Gasteiger partial charge on any atom is -0.379 e. The number of hydrogen-bond acceptors (Lipinski definition) is 5. The molecule has 2 aliphatic rings. The normalized spacial score (nSPS) is 25.5. The molecule has 0 aromatic carbocycles. The Bertz CT molecular complexity index is 285. The Morgan fingerprint density at radius 1 is 1.32 bits per heavy atom. The molecule has 0 bridgehead atoms. The number of piperidine rings is 1. The van der Waals surface area contributed by atoms with Crippen LogP contribution < -0.4 is 5.73 Å². The summed E-state index contributed by atoms with van der Waals surface area (Å²) in [5.74, 6) is 1.24. The van der Waals surface area contributed by atoms with Gasteiger partial charge >= 0.3 is 0 Å². The molecule has 0 aliphatic carbocycles. The molecule has 1 atom stereocenters. The molecule has 2 N–H and O–H groups in total. The highest BCUT2D eigenvalue weighted by Crippen LogP contribution is 2.22. The molecule has 0 saturated carbocycles. The van der Waals surface area contributed by atoms with Crippen molar-refractivity contribution in [2.24, 2.45) is 5.73 Å². The van der Waals surface area contributed by atoms with Gasteiger partial charge in [0.1, 0.15) is 0 Å². The summed E-state index contributed by atoms with van der Waals surface area (Å²) in [7, 11) is 0. The summed E-state index contributed by atoms with van der Waals surface area (Å²) in [5.41, 5.74) is 5.43. The lowest BCUT2D eigenvalue weighted by Gasteiger charge is -2.33. The largest absolute Gasteiger partial charge is 0.379 e. The summed E-state index contributed by atoms with van der Waals surface area (Å²) in [5, 5.41) is 0.588. The van der Waals surface area contributed by atoms with Crippen molar-refractivity contribution in [3.05, 3.63) is 0 Å². The number of thioether (sulfide) groups is 1. The van der Waals surface area contributed by atoms with Crippen LogP contribution in [-0.4, -0.2) is 79.2 Å². The molecule has 5 nitrogen and oxygen atoms in total. The van der Waals surface area contributed by atoms with Crippen molar-refractivity contribution in [1.82, 2.24) is 9.80 Å². The Labute approximate surface area is 119 Å². The summed E-state index contributed by atoms with van der Waals surface area (Å²) in [6.45, 7) is 6.90. The Balaban J connectivity index is 1.63. The first-order valence-electron chi connectivity index (χ1n) is 7.19. The molecule has 2 rings (SSSR count). The monoisotopic (exact) mass is 287 g/mol. The van der Waals surface area contributed by atoms with Gasteiger partial charge in [-0.15, -0.1) is 0 Å². The minimum atomic E-state index is 0.0958. The van der Waals surface area contributed by atoms with Crippen LogP contribution in [0, 0.1) is 0 Å². The smallest absolute Gasteiger partial charge is 0.236 e. The number of amides is 1. The fourth-order valence-corrected chi connectivity index (χ4v) is 3.92. The summed E-state index contributed by atoms with van der Waals surface area (Å²) < 4.78 is 5.34. The lowest BCUT2D eigenvalue weighted by molar-refractivity contribution is -0.130. The second-order valence-corrected chi connectivity index (χ2v) is 6.54. The van der Waals surface area contributed by atoms with Gasteiger partial charge in [0.15, 0.2) is 0 Å². The molecule has 6 heteroatoms. The lowest BCUT2D eigenvalue weighted by atomic mass is 10.1. The Morgan fingerprint density at radius 2 is 2.11 bits per heavy atom. The molecular formula is C13H25N3O2S. The van der Waals surface area contributed by atoms with Crippen molar-refractivity contribution in [3.8, 4) is 0 Å². The van der Waals surface area contributed by atoms with Crippen molar-refractivity contribution in [1.29, 1.82) is 0 Å². The Kier molecular flexibility index (Phi) is 6.43. The number of nitrogens with zero attached hydrogens (tertiary/aromatic N) is 2. The summed E-state index contributed by atoms with van der Waals surface area (Å²) in [6.07, 6.45) is 2.34. The molecule has 19 heavy (non-hydrogen) atoms. The highest BCUT2D eigenvalue weighted by atomic mass is 32.2. The van der Waals surface area contributed by atoms with E-state index in [0.29, 0.717) is 5.25 Å². The van der Waals surface area contributed by atoms with Crippen molar-refractivity contribution in [2.75, 3.05) is 58.2 Å². The zero-order valence-electron chi connectivity index (χ0n) is 11.6. The number of carbonyl (C=O) groups is 1. The topological polar surface area (TPSA) is 58.8 Å². The molecule has 1 unspecified atom stereocenters. The average molecular weight is 287 g/mol. The van der Waals surface area contributed by atoms with Gasteiger partial charge in [-0.2, -0.15) is 11.8 Å². The van der Waals surface area contributed by atoms with Gasteiger partial charge in [-0.3, -0.25) is 9.69 Å². The van der Waals surface area contributed by atoms with E-state index in [4.69, 9.17) is 10.5 Å². The van der Waals surface area contributed by atoms with Crippen molar-refractivity contribution < 1.29 is 9.53 Å². The highest BCUT2D eigenvalue weighted by molar-refractivity contribution is 7.99. The van der Waals surface area contributed by atoms with E-state index >= 15 is 0 Å². The van der Waals surface area contributed by atoms with Crippen LogP contribution in [0.1, 0.15) is 12.8 Å². The summed E-state index contributed by atoms with van der Waals surface area (Å²) >= 11 is 2.01. The van der Waals surface area contributed by atoms with E-state index in [9.17, 15) is 4.79 Å². The molecule has 2 aliphatic heterocycles. The molecule has 2 saturated heterocycles. The van der Waals surface area contributed by atoms with Gasteiger partial charge < -0.3 is 15.4 Å². The van der Waals surface area contributed by atoms with Crippen molar-refractivity contribution in [3.63, 3.8) is 0 Å². The van der Waals surface area contributed by atoms with E-state index in [1.165, 1.54) is 6.42 Å². The van der Waals surface area contributed by atoms with Crippen LogP contribution in [0.5, 0.6) is 0 Å². The maximum absolute atomic E-state index is 11.6. The molecule has 0 radical (unpaired) electrons. The van der Waals surface area contributed by atoms with Gasteiger partial charge in [0.25, 0.3) is 0 Å². The maximum Gasteiger partial charge on any atom is 0.236 e. The van der Waals surface area contributed by atoms with Gasteiger partial charge in [-0.1, -0.05) is 0 Å². The zero-order valence-corrected chi connectivity index (χ0v) is 12.4. The van der Waals surface area contributed by atoms with Crippen LogP contribution in [0.2, 0.25) is 0 Å². The number of carbonyl (C=O) groups excluding carboxylic acids is 1. The van der Waals surface area contributed by atoms with Gasteiger partial charge in [0, 0.05) is 43.7 Å². The van der Waals surface area contributed by atoms with Crippen LogP contribution >= 0.6 is 11.8 Å². The van der Waals surface area contributed by atoms with Gasteiger partial charge in [0.2, 0.25) is 5.91 Å². The summed E-state index contributed by atoms with van der Waals surface area (Å²) in [4.78, 5) is 16.0. The number of rotatable bonds is 5. The zero-order chi connectivity index (χ0) is 13.5. The van der Waals surface area contributed by atoms with Crippen molar-refractivity contribution in [2.45, 2.75) is 18.1 Å². The molecule has 2 heterocycles. The SMILES string of the molecule is NCC(=O)N1CCCC(SCCN2CCOCC2)C1. The molecule has 1 amide bonds. The third kappa shape index (κ3) is 4.95. The fourth-order valence-electron chi connectivity index (χ4n) is 2.60. The van der Waals surface area contributed by atoms with E-state index < -0.39 is 0 Å². The average Bonchev–Trinajstić information content (AvgIpc) is 2.48. The van der Waals surface area contributed by atoms with Crippen LogP contribution in [0.4, 0.5) is 0 Å². The van der Waals surface area contributed by atoms with E-state index in [1.807, 2.05) is 16.7 Å². The number of ether oxygens (including phenoxy) is 1. The predicted molar refractivity (Wildman–Crippen MR) is 78.4 cm³/mol. The molecular weight excluding hydrogens is 262 g/mol.